The minimum atomic E-state index is -4.31. The molecule has 0 unspecified atom stereocenters. The summed E-state index contributed by atoms with van der Waals surface area (Å²) in [4.78, 5) is 1.91. The van der Waals surface area contributed by atoms with Crippen LogP contribution in [0.15, 0.2) is 48.5 Å². The van der Waals surface area contributed by atoms with Gasteiger partial charge in [0.1, 0.15) is 0 Å². The largest absolute Gasteiger partial charge is 0.416 e. The molecule has 108 valence electrons. The molecule has 0 bridgehead atoms. The Morgan fingerprint density at radius 1 is 1.00 bits per heavy atom. The van der Waals surface area contributed by atoms with E-state index in [0.29, 0.717) is 12.1 Å². The number of halogens is 3. The van der Waals surface area contributed by atoms with Crippen LogP contribution in [0.1, 0.15) is 16.7 Å². The number of hydrogen-bond donors (Lipinski definition) is 0. The molecule has 2 nitrogen and oxygen atoms in total. The minimum Gasteiger partial charge on any atom is -0.370 e. The van der Waals surface area contributed by atoms with E-state index in [9.17, 15) is 13.2 Å². The van der Waals surface area contributed by atoms with Gasteiger partial charge in [0, 0.05) is 19.3 Å². The van der Waals surface area contributed by atoms with Crippen molar-refractivity contribution >= 4 is 5.69 Å². The lowest BCUT2D eigenvalue weighted by molar-refractivity contribution is -0.137. The number of nitrogens with zero attached hydrogens (tertiary/aromatic N) is 2. The SMILES string of the molecule is CN(Cc1ccc(C(F)(F)F)cc1)c1ccc(C#N)cc1. The summed E-state index contributed by atoms with van der Waals surface area (Å²) >= 11 is 0. The fraction of sp³-hybridized carbons (Fsp3) is 0.188. The quantitative estimate of drug-likeness (QED) is 0.846. The zero-order chi connectivity index (χ0) is 15.5. The number of nitriles is 1. The summed E-state index contributed by atoms with van der Waals surface area (Å²) in [5.41, 5.74) is 1.61. The minimum absolute atomic E-state index is 0.490. The predicted molar refractivity (Wildman–Crippen MR) is 74.7 cm³/mol. The van der Waals surface area contributed by atoms with Crippen LogP contribution in [0.25, 0.3) is 0 Å². The second kappa shape index (κ2) is 5.88. The monoisotopic (exact) mass is 290 g/mol. The van der Waals surface area contributed by atoms with E-state index in [1.165, 1.54) is 12.1 Å². The molecule has 0 amide bonds. The summed E-state index contributed by atoms with van der Waals surface area (Å²) < 4.78 is 37.4. The second-order valence-electron chi connectivity index (χ2n) is 4.71. The molecular weight excluding hydrogens is 277 g/mol. The Hall–Kier alpha value is -2.48. The van der Waals surface area contributed by atoms with E-state index in [-0.39, 0.29) is 0 Å². The van der Waals surface area contributed by atoms with Gasteiger partial charge in [-0.15, -0.1) is 0 Å². The van der Waals surface area contributed by atoms with Gasteiger partial charge < -0.3 is 4.90 Å². The Balaban J connectivity index is 2.08. The molecule has 0 atom stereocenters. The van der Waals surface area contributed by atoms with Gasteiger partial charge in [0.05, 0.1) is 17.2 Å². The van der Waals surface area contributed by atoms with Crippen LogP contribution < -0.4 is 4.90 Å². The molecule has 0 spiro atoms. The Kier molecular flexibility index (Phi) is 4.18. The maximum Gasteiger partial charge on any atom is 0.416 e. The van der Waals surface area contributed by atoms with Crippen LogP contribution >= 0.6 is 0 Å². The van der Waals surface area contributed by atoms with E-state index in [2.05, 4.69) is 0 Å². The first-order valence-electron chi connectivity index (χ1n) is 6.27. The molecule has 0 N–H and O–H groups in total. The number of benzene rings is 2. The summed E-state index contributed by atoms with van der Waals surface area (Å²) in [6, 6.07) is 14.2. The van der Waals surface area contributed by atoms with Crippen molar-refractivity contribution in [2.45, 2.75) is 12.7 Å². The van der Waals surface area contributed by atoms with Gasteiger partial charge >= 0.3 is 6.18 Å². The smallest absolute Gasteiger partial charge is 0.370 e. The average molecular weight is 290 g/mol. The zero-order valence-electron chi connectivity index (χ0n) is 11.4. The van der Waals surface area contributed by atoms with Gasteiger partial charge in [-0.25, -0.2) is 0 Å². The third-order valence-corrected chi connectivity index (χ3v) is 3.14. The molecule has 0 aromatic heterocycles. The van der Waals surface area contributed by atoms with Crippen molar-refractivity contribution < 1.29 is 13.2 Å². The normalized spacial score (nSPS) is 11.0. The first-order valence-corrected chi connectivity index (χ1v) is 6.27. The van der Waals surface area contributed by atoms with Gasteiger partial charge in [0.15, 0.2) is 0 Å². The Labute approximate surface area is 121 Å². The Morgan fingerprint density at radius 2 is 1.57 bits per heavy atom. The third-order valence-electron chi connectivity index (χ3n) is 3.14. The fourth-order valence-electron chi connectivity index (χ4n) is 1.95. The van der Waals surface area contributed by atoms with Gasteiger partial charge in [-0.3, -0.25) is 0 Å². The van der Waals surface area contributed by atoms with Gasteiger partial charge in [-0.2, -0.15) is 18.4 Å². The van der Waals surface area contributed by atoms with Gasteiger partial charge in [-0.05, 0) is 42.0 Å². The number of alkyl halides is 3. The Bertz CT molecular complexity index is 637. The van der Waals surface area contributed by atoms with Crippen LogP contribution in [0, 0.1) is 11.3 Å². The maximum atomic E-state index is 12.5. The van der Waals surface area contributed by atoms with Crippen molar-refractivity contribution in [3.8, 4) is 6.07 Å². The Morgan fingerprint density at radius 3 is 2.05 bits per heavy atom. The lowest BCUT2D eigenvalue weighted by atomic mass is 10.1. The highest BCUT2D eigenvalue weighted by Crippen LogP contribution is 2.29. The molecule has 0 saturated carbocycles. The summed E-state index contributed by atoms with van der Waals surface area (Å²) in [5.74, 6) is 0. The first-order chi connectivity index (χ1) is 9.90. The molecule has 0 saturated heterocycles. The van der Waals surface area contributed by atoms with E-state index < -0.39 is 11.7 Å². The standard InChI is InChI=1S/C16H13F3N2/c1-21(15-8-4-12(10-20)5-9-15)11-13-2-6-14(7-3-13)16(17,18)19/h2-9H,11H2,1H3. The highest BCUT2D eigenvalue weighted by atomic mass is 19.4. The van der Waals surface area contributed by atoms with E-state index >= 15 is 0 Å². The second-order valence-corrected chi connectivity index (χ2v) is 4.71. The lowest BCUT2D eigenvalue weighted by Crippen LogP contribution is -2.16. The molecule has 0 radical (unpaired) electrons. The van der Waals surface area contributed by atoms with Crippen molar-refractivity contribution in [3.63, 3.8) is 0 Å². The summed E-state index contributed by atoms with van der Waals surface area (Å²) in [6.45, 7) is 0.490. The first kappa shape index (κ1) is 14.9. The molecule has 5 heteroatoms. The zero-order valence-corrected chi connectivity index (χ0v) is 11.4. The molecule has 2 rings (SSSR count). The molecule has 0 aliphatic rings. The van der Waals surface area contributed by atoms with Gasteiger partial charge in [0.25, 0.3) is 0 Å². The van der Waals surface area contributed by atoms with Crippen molar-refractivity contribution in [1.82, 2.24) is 0 Å². The number of rotatable bonds is 3. The van der Waals surface area contributed by atoms with Gasteiger partial charge in [0.2, 0.25) is 0 Å². The molecular formula is C16H13F3N2. The molecule has 2 aromatic rings. The van der Waals surface area contributed by atoms with Crippen molar-refractivity contribution in [2.75, 3.05) is 11.9 Å². The van der Waals surface area contributed by atoms with Crippen LogP contribution in [0.2, 0.25) is 0 Å². The van der Waals surface area contributed by atoms with Crippen molar-refractivity contribution in [1.29, 1.82) is 5.26 Å². The van der Waals surface area contributed by atoms with E-state index in [1.54, 1.807) is 12.1 Å². The van der Waals surface area contributed by atoms with Crippen LogP contribution in [0.4, 0.5) is 18.9 Å². The van der Waals surface area contributed by atoms with Crippen LogP contribution in [0.3, 0.4) is 0 Å². The molecule has 21 heavy (non-hydrogen) atoms. The maximum absolute atomic E-state index is 12.5. The summed E-state index contributed by atoms with van der Waals surface area (Å²) in [7, 11) is 1.85. The van der Waals surface area contributed by atoms with Gasteiger partial charge in [-0.1, -0.05) is 12.1 Å². The molecule has 0 aliphatic carbocycles. The highest BCUT2D eigenvalue weighted by molar-refractivity contribution is 5.49. The van der Waals surface area contributed by atoms with E-state index in [0.717, 1.165) is 23.4 Å². The molecule has 0 aliphatic heterocycles. The number of anilines is 1. The molecule has 0 heterocycles. The third kappa shape index (κ3) is 3.76. The van der Waals surface area contributed by atoms with E-state index in [4.69, 9.17) is 5.26 Å². The lowest BCUT2D eigenvalue weighted by Gasteiger charge is -2.19. The summed E-state index contributed by atoms with van der Waals surface area (Å²) in [5, 5.41) is 8.74. The highest BCUT2D eigenvalue weighted by Gasteiger charge is 2.29. The predicted octanol–water partition coefficient (Wildman–Crippen LogP) is 4.21. The average Bonchev–Trinajstić information content (AvgIpc) is 2.47. The van der Waals surface area contributed by atoms with Crippen LogP contribution in [-0.4, -0.2) is 7.05 Å². The summed E-state index contributed by atoms with van der Waals surface area (Å²) in [6.07, 6.45) is -4.31. The van der Waals surface area contributed by atoms with Crippen molar-refractivity contribution in [3.05, 3.63) is 65.2 Å². The van der Waals surface area contributed by atoms with Crippen LogP contribution in [0.5, 0.6) is 0 Å². The van der Waals surface area contributed by atoms with Crippen molar-refractivity contribution in [2.24, 2.45) is 0 Å². The molecule has 2 aromatic carbocycles. The number of hydrogen-bond acceptors (Lipinski definition) is 2. The fourth-order valence-corrected chi connectivity index (χ4v) is 1.95. The van der Waals surface area contributed by atoms with Crippen LogP contribution in [-0.2, 0) is 12.7 Å². The topological polar surface area (TPSA) is 27.0 Å². The van der Waals surface area contributed by atoms with E-state index in [1.807, 2.05) is 30.1 Å². The molecule has 0 fully saturated rings.